The van der Waals surface area contributed by atoms with E-state index in [1.807, 2.05) is 40.6 Å². The highest BCUT2D eigenvalue weighted by Gasteiger charge is 2.22. The summed E-state index contributed by atoms with van der Waals surface area (Å²) in [5.41, 5.74) is 1.17. The number of aromatic nitrogens is 3. The van der Waals surface area contributed by atoms with E-state index in [-0.39, 0.29) is 24.0 Å². The first-order chi connectivity index (χ1) is 15.2. The molecule has 0 spiro atoms. The minimum atomic E-state index is -0.422. The summed E-state index contributed by atoms with van der Waals surface area (Å²) in [7, 11) is 0. The Balaban J connectivity index is 0.00000289. The molecular formula is C22H28F2IN7. The van der Waals surface area contributed by atoms with Gasteiger partial charge in [0, 0.05) is 58.0 Å². The topological polar surface area (TPSA) is 61.1 Å². The average molecular weight is 555 g/mol. The van der Waals surface area contributed by atoms with E-state index in [2.05, 4.69) is 20.4 Å². The molecule has 1 aliphatic rings. The van der Waals surface area contributed by atoms with Crippen molar-refractivity contribution in [1.29, 1.82) is 0 Å². The standard InChI is InChI=1S/C22H27F2N7.HI/c1-2-25-22(26-10-5-7-21-28-27-20-6-3-4-11-31(20)21)30-14-12-29(13-15-30)19-16-17(23)8-9-18(19)24;/h3-4,6,8-9,11,16H,2,5,7,10,12-15H2,1H3,(H,25,26);1H. The van der Waals surface area contributed by atoms with E-state index in [9.17, 15) is 8.78 Å². The zero-order valence-electron chi connectivity index (χ0n) is 18.0. The highest BCUT2D eigenvalue weighted by Crippen LogP contribution is 2.22. The number of fused-ring (bicyclic) bond motifs is 1. The zero-order valence-corrected chi connectivity index (χ0v) is 20.4. The molecule has 1 N–H and O–H groups in total. The maximum atomic E-state index is 14.1. The van der Waals surface area contributed by atoms with Crippen LogP contribution in [-0.2, 0) is 6.42 Å². The van der Waals surface area contributed by atoms with Crippen LogP contribution in [0.3, 0.4) is 0 Å². The van der Waals surface area contributed by atoms with Crippen LogP contribution in [0.25, 0.3) is 5.65 Å². The van der Waals surface area contributed by atoms with Gasteiger partial charge >= 0.3 is 0 Å². The molecule has 32 heavy (non-hydrogen) atoms. The van der Waals surface area contributed by atoms with Crippen molar-refractivity contribution in [3.8, 4) is 0 Å². The van der Waals surface area contributed by atoms with Crippen LogP contribution in [0.2, 0.25) is 0 Å². The summed E-state index contributed by atoms with van der Waals surface area (Å²) in [6.07, 6.45) is 3.62. The van der Waals surface area contributed by atoms with Crippen molar-refractivity contribution >= 4 is 41.3 Å². The predicted octanol–water partition coefficient (Wildman–Crippen LogP) is 3.35. The van der Waals surface area contributed by atoms with E-state index in [0.717, 1.165) is 42.9 Å². The molecule has 3 heterocycles. The fourth-order valence-electron chi connectivity index (χ4n) is 3.80. The molecule has 7 nitrogen and oxygen atoms in total. The lowest BCUT2D eigenvalue weighted by Crippen LogP contribution is -2.52. The van der Waals surface area contributed by atoms with Crippen molar-refractivity contribution in [2.75, 3.05) is 44.2 Å². The number of hydrogen-bond donors (Lipinski definition) is 1. The Morgan fingerprint density at radius 1 is 1.09 bits per heavy atom. The lowest BCUT2D eigenvalue weighted by molar-refractivity contribution is 0.370. The number of pyridine rings is 1. The summed E-state index contributed by atoms with van der Waals surface area (Å²) in [6, 6.07) is 9.44. The molecule has 1 aliphatic heterocycles. The molecular weight excluding hydrogens is 527 g/mol. The molecule has 3 aromatic rings. The van der Waals surface area contributed by atoms with E-state index < -0.39 is 11.6 Å². The minimum absolute atomic E-state index is 0. The van der Waals surface area contributed by atoms with E-state index in [1.54, 1.807) is 0 Å². The van der Waals surface area contributed by atoms with Crippen LogP contribution >= 0.6 is 24.0 Å². The van der Waals surface area contributed by atoms with Crippen LogP contribution in [0.15, 0.2) is 47.6 Å². The Bertz CT molecular complexity index is 1050. The molecule has 0 amide bonds. The van der Waals surface area contributed by atoms with Crippen LogP contribution in [-0.4, -0.2) is 64.7 Å². The van der Waals surface area contributed by atoms with E-state index in [4.69, 9.17) is 4.99 Å². The number of aryl methyl sites for hydroxylation is 1. The fraction of sp³-hybridized carbons (Fsp3) is 0.409. The lowest BCUT2D eigenvalue weighted by atomic mass is 10.2. The summed E-state index contributed by atoms with van der Waals surface area (Å²) >= 11 is 0. The molecule has 0 atom stereocenters. The Kier molecular flexibility index (Phi) is 8.60. The number of aliphatic imine (C=N–C) groups is 1. The van der Waals surface area contributed by atoms with Gasteiger partial charge in [-0.3, -0.25) is 9.39 Å². The first-order valence-corrected chi connectivity index (χ1v) is 10.7. The molecule has 0 radical (unpaired) electrons. The second-order valence-corrected chi connectivity index (χ2v) is 7.45. The molecule has 1 saturated heterocycles. The molecule has 1 aromatic carbocycles. The van der Waals surface area contributed by atoms with Crippen molar-refractivity contribution in [2.24, 2.45) is 4.99 Å². The SMILES string of the molecule is CCNC(=NCCCc1nnc2ccccn12)N1CCN(c2cc(F)ccc2F)CC1.I. The Labute approximate surface area is 203 Å². The molecule has 0 unspecified atom stereocenters. The van der Waals surface area contributed by atoms with E-state index in [1.165, 1.54) is 12.1 Å². The predicted molar refractivity (Wildman–Crippen MR) is 133 cm³/mol. The largest absolute Gasteiger partial charge is 0.366 e. The quantitative estimate of drug-likeness (QED) is 0.219. The van der Waals surface area contributed by atoms with Crippen LogP contribution in [0.4, 0.5) is 14.5 Å². The number of guanidine groups is 1. The molecule has 2 aromatic heterocycles. The third-order valence-corrected chi connectivity index (χ3v) is 5.37. The van der Waals surface area contributed by atoms with Gasteiger partial charge in [-0.1, -0.05) is 6.07 Å². The van der Waals surface area contributed by atoms with Gasteiger partial charge in [-0.15, -0.1) is 34.2 Å². The number of anilines is 1. The highest BCUT2D eigenvalue weighted by molar-refractivity contribution is 14.0. The lowest BCUT2D eigenvalue weighted by Gasteiger charge is -2.37. The summed E-state index contributed by atoms with van der Waals surface area (Å²) in [5, 5.41) is 11.8. The van der Waals surface area contributed by atoms with Crippen LogP contribution < -0.4 is 10.2 Å². The summed E-state index contributed by atoms with van der Waals surface area (Å²) in [4.78, 5) is 8.82. The van der Waals surface area contributed by atoms with Crippen molar-refractivity contribution in [1.82, 2.24) is 24.8 Å². The van der Waals surface area contributed by atoms with Gasteiger partial charge in [-0.25, -0.2) is 8.78 Å². The number of piperazine rings is 1. The van der Waals surface area contributed by atoms with Gasteiger partial charge in [-0.05, 0) is 37.6 Å². The van der Waals surface area contributed by atoms with Crippen molar-refractivity contribution in [3.05, 3.63) is 60.1 Å². The van der Waals surface area contributed by atoms with Crippen molar-refractivity contribution in [2.45, 2.75) is 19.8 Å². The molecule has 0 bridgehead atoms. The maximum Gasteiger partial charge on any atom is 0.194 e. The molecule has 0 saturated carbocycles. The number of halogens is 3. The monoisotopic (exact) mass is 555 g/mol. The van der Waals surface area contributed by atoms with Gasteiger partial charge in [0.15, 0.2) is 11.6 Å². The van der Waals surface area contributed by atoms with Crippen molar-refractivity contribution in [3.63, 3.8) is 0 Å². The van der Waals surface area contributed by atoms with Crippen LogP contribution in [0, 0.1) is 11.6 Å². The number of nitrogens with zero attached hydrogens (tertiary/aromatic N) is 6. The number of rotatable bonds is 6. The Morgan fingerprint density at radius 3 is 2.69 bits per heavy atom. The Hall–Kier alpha value is -2.50. The van der Waals surface area contributed by atoms with E-state index >= 15 is 0 Å². The number of nitrogens with one attached hydrogen (secondary N) is 1. The van der Waals surface area contributed by atoms with Gasteiger partial charge in [0.05, 0.1) is 5.69 Å². The zero-order chi connectivity index (χ0) is 21.6. The first kappa shape index (κ1) is 24.1. The van der Waals surface area contributed by atoms with Gasteiger partial charge in [0.1, 0.15) is 17.5 Å². The van der Waals surface area contributed by atoms with Crippen molar-refractivity contribution < 1.29 is 8.78 Å². The summed E-state index contributed by atoms with van der Waals surface area (Å²) < 4.78 is 29.6. The molecule has 0 aliphatic carbocycles. The van der Waals surface area contributed by atoms with Crippen LogP contribution in [0.5, 0.6) is 0 Å². The smallest absolute Gasteiger partial charge is 0.194 e. The molecule has 172 valence electrons. The van der Waals surface area contributed by atoms with E-state index in [0.29, 0.717) is 38.4 Å². The normalized spacial score (nSPS) is 14.5. The van der Waals surface area contributed by atoms with Crippen LogP contribution in [0.1, 0.15) is 19.2 Å². The number of benzene rings is 1. The average Bonchev–Trinajstić information content (AvgIpc) is 3.21. The second-order valence-electron chi connectivity index (χ2n) is 7.45. The molecule has 4 rings (SSSR count). The maximum absolute atomic E-state index is 14.1. The third kappa shape index (κ3) is 5.64. The molecule has 1 fully saturated rings. The highest BCUT2D eigenvalue weighted by atomic mass is 127. The van der Waals surface area contributed by atoms with Gasteiger partial charge in [0.2, 0.25) is 0 Å². The fourth-order valence-corrected chi connectivity index (χ4v) is 3.80. The van der Waals surface area contributed by atoms with Gasteiger partial charge in [-0.2, -0.15) is 0 Å². The van der Waals surface area contributed by atoms with Gasteiger partial charge < -0.3 is 15.1 Å². The summed E-state index contributed by atoms with van der Waals surface area (Å²) in [5.74, 6) is 0.972. The Morgan fingerprint density at radius 2 is 1.91 bits per heavy atom. The number of hydrogen-bond acceptors (Lipinski definition) is 4. The second kappa shape index (κ2) is 11.4. The summed E-state index contributed by atoms with van der Waals surface area (Å²) in [6.45, 7) is 6.08. The third-order valence-electron chi connectivity index (χ3n) is 5.37. The first-order valence-electron chi connectivity index (χ1n) is 10.7. The molecule has 10 heteroatoms. The minimum Gasteiger partial charge on any atom is -0.366 e. The van der Waals surface area contributed by atoms with Gasteiger partial charge in [0.25, 0.3) is 0 Å².